The highest BCUT2D eigenvalue weighted by molar-refractivity contribution is 5.77. The summed E-state index contributed by atoms with van der Waals surface area (Å²) >= 11 is 0. The summed E-state index contributed by atoms with van der Waals surface area (Å²) in [4.78, 5) is 59.6. The lowest BCUT2D eigenvalue weighted by atomic mass is 9.46. The Bertz CT molecular complexity index is 2620. The molecule has 10 bridgehead atoms. The molecule has 0 N–H and O–H groups in total. The van der Waals surface area contributed by atoms with Crippen molar-refractivity contribution in [1.29, 1.82) is 0 Å². The number of ether oxygens (including phenoxy) is 10. The van der Waals surface area contributed by atoms with Gasteiger partial charge in [-0.05, 0) is 296 Å². The zero-order valence-electron chi connectivity index (χ0n) is 68.6. The fourth-order valence-electron chi connectivity index (χ4n) is 19.0. The van der Waals surface area contributed by atoms with Gasteiger partial charge in [0.25, 0.3) is 0 Å². The molecule has 11 aliphatic carbocycles. The molecule has 0 aromatic carbocycles. The molecule has 10 unspecified atom stereocenters. The van der Waals surface area contributed by atoms with Crippen molar-refractivity contribution in [1.82, 2.24) is 0 Å². The van der Waals surface area contributed by atoms with Crippen LogP contribution in [0.1, 0.15) is 334 Å². The molecule has 0 heterocycles. The molecule has 580 valence electrons. The van der Waals surface area contributed by atoms with Crippen LogP contribution in [0, 0.1) is 112 Å². The Morgan fingerprint density at radius 3 is 1.14 bits per heavy atom. The Balaban J connectivity index is 0.000000197. The van der Waals surface area contributed by atoms with Crippen LogP contribution in [0.4, 0.5) is 0 Å². The minimum Gasteiger partial charge on any atom is -0.438 e. The van der Waals surface area contributed by atoms with Gasteiger partial charge in [0.2, 0.25) is 0 Å². The van der Waals surface area contributed by atoms with Gasteiger partial charge < -0.3 is 47.4 Å². The first-order chi connectivity index (χ1) is 46.3. The zero-order valence-corrected chi connectivity index (χ0v) is 68.6. The zero-order chi connectivity index (χ0) is 74.9. The molecule has 0 radical (unpaired) electrons. The van der Waals surface area contributed by atoms with Crippen LogP contribution in [0.15, 0.2) is 0 Å². The van der Waals surface area contributed by atoms with Gasteiger partial charge in [-0.15, -0.1) is 0 Å². The van der Waals surface area contributed by atoms with E-state index >= 15 is 0 Å². The average Bonchev–Trinajstić information content (AvgIpc) is 1.29. The molecule has 0 amide bonds. The number of rotatable bonds is 28. The lowest BCUT2D eigenvalue weighted by molar-refractivity contribution is -0.206. The third kappa shape index (κ3) is 20.2. The summed E-state index contributed by atoms with van der Waals surface area (Å²) in [6.45, 7) is 54.7. The summed E-state index contributed by atoms with van der Waals surface area (Å²) in [7, 11) is 0. The van der Waals surface area contributed by atoms with E-state index in [4.69, 9.17) is 47.4 Å². The lowest BCUT2D eigenvalue weighted by Gasteiger charge is -2.60. The number of hydrogen-bond acceptors (Lipinski definition) is 15. The van der Waals surface area contributed by atoms with E-state index in [2.05, 4.69) is 62.3 Å². The minimum atomic E-state index is -0.458. The van der Waals surface area contributed by atoms with Crippen LogP contribution in [0.3, 0.4) is 0 Å². The van der Waals surface area contributed by atoms with Crippen molar-refractivity contribution >= 4 is 29.8 Å². The number of fused-ring (bicyclic) bond motifs is 6. The second kappa shape index (κ2) is 34.4. The van der Waals surface area contributed by atoms with Crippen molar-refractivity contribution in [2.45, 2.75) is 352 Å². The van der Waals surface area contributed by atoms with Crippen LogP contribution in [0.5, 0.6) is 0 Å². The fraction of sp³-hybridized carbons (Fsp3) is 0.941. The average molecular weight is 1410 g/mol. The summed E-state index contributed by atoms with van der Waals surface area (Å²) in [5.74, 6) is 6.05. The monoisotopic (exact) mass is 1410 g/mol. The maximum Gasteiger partial charge on any atom is 0.313 e. The van der Waals surface area contributed by atoms with Crippen LogP contribution in [0.2, 0.25) is 0 Å². The van der Waals surface area contributed by atoms with Crippen LogP contribution >= 0.6 is 0 Å². The van der Waals surface area contributed by atoms with E-state index in [1.165, 1.54) is 116 Å². The first-order valence-electron chi connectivity index (χ1n) is 40.2. The van der Waals surface area contributed by atoms with Gasteiger partial charge in [-0.2, -0.15) is 0 Å². The third-order valence-corrected chi connectivity index (χ3v) is 30.2. The molecular formula is C85H150O15. The van der Waals surface area contributed by atoms with Gasteiger partial charge in [0, 0.05) is 0 Å². The van der Waals surface area contributed by atoms with E-state index in [0.717, 1.165) is 106 Å². The van der Waals surface area contributed by atoms with Gasteiger partial charge in [0.1, 0.15) is 0 Å². The Hall–Kier alpha value is -2.85. The number of carbonyl (C=O) groups excluding carboxylic acids is 5. The normalized spacial score (nSPS) is 33.3. The van der Waals surface area contributed by atoms with Gasteiger partial charge in [0.15, 0.2) is 33.5 Å². The number of esters is 5. The van der Waals surface area contributed by atoms with Crippen molar-refractivity contribution in [2.75, 3.05) is 47.0 Å². The molecule has 11 fully saturated rings. The Morgan fingerprint density at radius 1 is 0.390 bits per heavy atom. The van der Waals surface area contributed by atoms with E-state index in [0.29, 0.717) is 28.3 Å². The molecule has 11 rings (SSSR count). The summed E-state index contributed by atoms with van der Waals surface area (Å²) in [6.07, 6.45) is 30.0. The molecule has 15 nitrogen and oxygen atoms in total. The molecule has 0 aromatic heterocycles. The summed E-state index contributed by atoms with van der Waals surface area (Å²) in [5, 5.41) is 0. The SMILES string of the molecule is CCC(C)(C)C(=O)OC(C)OC1CC2CCC1(C)C2(C)C.CCC(C)(C)C(=O)OCOC1CC2CCC1(C)C2(C)C.CCC(C)(C)C(=O)OCOCC1(C)C2CC3CC(C2)CC1C3.CCC(C)(C)C(=O)OCOCC1(C)CC2CCC1C2.CCC(C)(C)C(=O)OCOCC1(C)CCCCC1. The van der Waals surface area contributed by atoms with Crippen LogP contribution in [0.25, 0.3) is 0 Å². The van der Waals surface area contributed by atoms with E-state index in [1.54, 1.807) is 0 Å². The highest BCUT2D eigenvalue weighted by atomic mass is 16.7. The second-order valence-electron chi connectivity index (χ2n) is 39.3. The van der Waals surface area contributed by atoms with Gasteiger partial charge >= 0.3 is 29.8 Å². The molecule has 11 saturated carbocycles. The maximum atomic E-state index is 12.1. The topological polar surface area (TPSA) is 178 Å². The van der Waals surface area contributed by atoms with Crippen LogP contribution in [-0.4, -0.2) is 95.3 Å². The summed E-state index contributed by atoms with van der Waals surface area (Å²) < 4.78 is 55.7. The van der Waals surface area contributed by atoms with E-state index in [1.807, 2.05) is 111 Å². The molecular weight excluding hydrogens is 1260 g/mol. The molecule has 0 aliphatic heterocycles. The Labute approximate surface area is 609 Å². The Morgan fingerprint density at radius 2 is 0.770 bits per heavy atom. The van der Waals surface area contributed by atoms with Crippen molar-refractivity contribution < 1.29 is 71.3 Å². The van der Waals surface area contributed by atoms with Gasteiger partial charge in [0.05, 0.1) is 59.1 Å². The second-order valence-corrected chi connectivity index (χ2v) is 39.3. The van der Waals surface area contributed by atoms with Crippen LogP contribution in [-0.2, 0) is 71.3 Å². The smallest absolute Gasteiger partial charge is 0.313 e. The quantitative estimate of drug-likeness (QED) is 0.0312. The minimum absolute atomic E-state index is 0.0951. The summed E-state index contributed by atoms with van der Waals surface area (Å²) in [6, 6.07) is 0. The first-order valence-corrected chi connectivity index (χ1v) is 40.2. The van der Waals surface area contributed by atoms with Crippen molar-refractivity contribution in [3.63, 3.8) is 0 Å². The van der Waals surface area contributed by atoms with E-state index in [9.17, 15) is 24.0 Å². The molecule has 0 saturated heterocycles. The fourth-order valence-corrected chi connectivity index (χ4v) is 19.0. The van der Waals surface area contributed by atoms with E-state index in [-0.39, 0.29) is 85.5 Å². The summed E-state index contributed by atoms with van der Waals surface area (Å²) in [5.41, 5.74) is -0.0671. The molecule has 100 heavy (non-hydrogen) atoms. The maximum absolute atomic E-state index is 12.1. The molecule has 0 aromatic rings. The van der Waals surface area contributed by atoms with Gasteiger partial charge in [-0.25, -0.2) is 0 Å². The predicted octanol–water partition coefficient (Wildman–Crippen LogP) is 20.8. The Kier molecular flexibility index (Phi) is 29.6. The molecule has 0 spiro atoms. The van der Waals surface area contributed by atoms with Crippen LogP contribution < -0.4 is 0 Å². The number of hydrogen-bond donors (Lipinski definition) is 0. The largest absolute Gasteiger partial charge is 0.438 e. The van der Waals surface area contributed by atoms with E-state index < -0.39 is 33.4 Å². The molecule has 11 aliphatic rings. The third-order valence-electron chi connectivity index (χ3n) is 30.2. The number of carbonyl (C=O) groups is 5. The first kappa shape index (κ1) is 86.1. The van der Waals surface area contributed by atoms with Crippen molar-refractivity contribution in [2.24, 2.45) is 112 Å². The highest BCUT2D eigenvalue weighted by Gasteiger charge is 2.64. The molecule has 10 atom stereocenters. The predicted molar refractivity (Wildman–Crippen MR) is 396 cm³/mol. The standard InChI is InChI=1S/C19H32O3.C18H32O3.C17H30O3.C16H28O3.C15H28O3/c1-5-18(2,3)17(20)22-12-21-11-19(4)15-7-13-6-14(9-15)10-16(19)8-13;1-8-16(3,4)15(19)21-12(2)20-14-11-13-9-10-18(14,7)17(13,5)6;1-7-15(2,3)14(18)20-11-19-13-10-12-8-9-17(13,6)16(12,4)5;1-5-15(2,3)14(17)19-11-18-10-16(4)9-12-6-7-13(16)8-12;1-5-14(2,3)13(16)18-12-17-11-15(4)9-7-6-8-10-15/h13-16H,5-12H2,1-4H3;12-14H,8-11H2,1-7H3;12-13H,7-11H2,1-6H3;12-13H,5-11H2,1-4H3;5-12H2,1-4H3. The molecule has 15 heteroatoms. The highest BCUT2D eigenvalue weighted by Crippen LogP contribution is 2.68. The lowest BCUT2D eigenvalue weighted by Crippen LogP contribution is -2.53. The van der Waals surface area contributed by atoms with Crippen molar-refractivity contribution in [3.8, 4) is 0 Å². The van der Waals surface area contributed by atoms with Gasteiger partial charge in [-0.3, -0.25) is 24.0 Å². The van der Waals surface area contributed by atoms with Gasteiger partial charge in [-0.1, -0.05) is 123 Å². The van der Waals surface area contributed by atoms with Crippen molar-refractivity contribution in [3.05, 3.63) is 0 Å².